The Bertz CT molecular complexity index is 320. The van der Waals surface area contributed by atoms with Gasteiger partial charge in [-0.3, -0.25) is 0 Å². The van der Waals surface area contributed by atoms with Crippen LogP contribution in [0.4, 0.5) is 5.69 Å². The van der Waals surface area contributed by atoms with Crippen LogP contribution in [0.2, 0.25) is 0 Å². The summed E-state index contributed by atoms with van der Waals surface area (Å²) in [6, 6.07) is 4.76. The highest BCUT2D eigenvalue weighted by molar-refractivity contribution is 5.51. The van der Waals surface area contributed by atoms with Crippen molar-refractivity contribution in [2.45, 2.75) is 13.2 Å². The topological polar surface area (TPSA) is 69.9 Å². The lowest BCUT2D eigenvalue weighted by atomic mass is 10.1. The highest BCUT2D eigenvalue weighted by Gasteiger charge is 1.98. The van der Waals surface area contributed by atoms with Gasteiger partial charge in [0, 0.05) is 0 Å². The highest BCUT2D eigenvalue weighted by atomic mass is 16.3. The smallest absolute Gasteiger partial charge is 0.240 e. The summed E-state index contributed by atoms with van der Waals surface area (Å²) in [5, 5.41) is 17.7. The van der Waals surface area contributed by atoms with E-state index in [1.807, 2.05) is 0 Å². The Morgan fingerprint density at radius 1 is 1.15 bits per heavy atom. The molecule has 4 nitrogen and oxygen atoms in total. The summed E-state index contributed by atoms with van der Waals surface area (Å²) in [7, 11) is 0. The number of hydrogen-bond acceptors (Lipinski definition) is 4. The van der Waals surface area contributed by atoms with E-state index in [1.54, 1.807) is 18.2 Å². The van der Waals surface area contributed by atoms with Crippen LogP contribution >= 0.6 is 0 Å². The lowest BCUT2D eigenvalue weighted by Crippen LogP contribution is -1.88. The van der Waals surface area contributed by atoms with Gasteiger partial charge in [-0.2, -0.15) is 4.99 Å². The van der Waals surface area contributed by atoms with Gasteiger partial charge in [0.2, 0.25) is 6.08 Å². The van der Waals surface area contributed by atoms with Crippen LogP contribution in [0.3, 0.4) is 0 Å². The molecule has 0 amide bonds. The van der Waals surface area contributed by atoms with E-state index < -0.39 is 0 Å². The second-order valence-electron chi connectivity index (χ2n) is 2.53. The summed E-state index contributed by atoms with van der Waals surface area (Å²) < 4.78 is 0. The molecule has 0 aliphatic heterocycles. The lowest BCUT2D eigenvalue weighted by Gasteiger charge is -2.01. The van der Waals surface area contributed by atoms with Crippen LogP contribution in [0.5, 0.6) is 0 Å². The minimum atomic E-state index is -0.144. The molecule has 4 heteroatoms. The summed E-state index contributed by atoms with van der Waals surface area (Å²) >= 11 is 0. The predicted molar refractivity (Wildman–Crippen MR) is 46.1 cm³/mol. The minimum Gasteiger partial charge on any atom is -0.392 e. The second kappa shape index (κ2) is 4.52. The molecule has 0 spiro atoms. The molecule has 0 atom stereocenters. The van der Waals surface area contributed by atoms with Crippen molar-refractivity contribution in [3.63, 3.8) is 0 Å². The molecule has 0 aromatic heterocycles. The first-order chi connectivity index (χ1) is 6.30. The number of rotatable bonds is 3. The molecule has 0 fully saturated rings. The number of aliphatic hydroxyl groups excluding tert-OH is 2. The Morgan fingerprint density at radius 3 is 2.08 bits per heavy atom. The van der Waals surface area contributed by atoms with Crippen LogP contribution in [-0.2, 0) is 18.0 Å². The molecule has 0 saturated carbocycles. The average Bonchev–Trinajstić information content (AvgIpc) is 2.17. The Balaban J connectivity index is 3.14. The summed E-state index contributed by atoms with van der Waals surface area (Å²) in [6.45, 7) is -0.287. The lowest BCUT2D eigenvalue weighted by molar-refractivity contribution is 0.275. The number of carbonyl (C=O) groups excluding carboxylic acids is 1. The van der Waals surface area contributed by atoms with Gasteiger partial charge in [0.1, 0.15) is 0 Å². The first kappa shape index (κ1) is 9.61. The molecule has 0 aliphatic rings. The molecule has 0 unspecified atom stereocenters. The van der Waals surface area contributed by atoms with Gasteiger partial charge in [0.25, 0.3) is 0 Å². The molecule has 1 aromatic rings. The molecule has 0 aliphatic carbocycles. The first-order valence-electron chi connectivity index (χ1n) is 3.72. The Kier molecular flexibility index (Phi) is 3.34. The summed E-state index contributed by atoms with van der Waals surface area (Å²) in [5.74, 6) is 0. The molecule has 0 saturated heterocycles. The monoisotopic (exact) mass is 179 g/mol. The number of aliphatic imine (C=N–C) groups is 1. The number of hydrogen-bond donors (Lipinski definition) is 2. The van der Waals surface area contributed by atoms with Crippen molar-refractivity contribution in [3.05, 3.63) is 29.3 Å². The normalized spacial score (nSPS) is 9.38. The molecule has 1 rings (SSSR count). The summed E-state index contributed by atoms with van der Waals surface area (Å²) in [6.07, 6.45) is 1.40. The molecule has 68 valence electrons. The third-order valence-corrected chi connectivity index (χ3v) is 1.58. The van der Waals surface area contributed by atoms with Crippen molar-refractivity contribution >= 4 is 11.8 Å². The third kappa shape index (κ3) is 2.49. The number of isocyanates is 1. The Labute approximate surface area is 75.2 Å². The van der Waals surface area contributed by atoms with E-state index in [-0.39, 0.29) is 13.2 Å². The fraction of sp³-hybridized carbons (Fsp3) is 0.222. The maximum Gasteiger partial charge on any atom is 0.240 e. The number of benzene rings is 1. The number of aliphatic hydroxyl groups is 2. The van der Waals surface area contributed by atoms with Gasteiger partial charge >= 0.3 is 0 Å². The van der Waals surface area contributed by atoms with Gasteiger partial charge in [-0.05, 0) is 23.3 Å². The van der Waals surface area contributed by atoms with Crippen molar-refractivity contribution < 1.29 is 15.0 Å². The van der Waals surface area contributed by atoms with Crippen LogP contribution in [0.1, 0.15) is 11.1 Å². The maximum absolute atomic E-state index is 9.96. The van der Waals surface area contributed by atoms with Crippen molar-refractivity contribution in [1.82, 2.24) is 0 Å². The van der Waals surface area contributed by atoms with Crippen LogP contribution in [0.25, 0.3) is 0 Å². The SMILES string of the molecule is O=C=Nc1cc(CO)cc(CO)c1. The largest absolute Gasteiger partial charge is 0.392 e. The van der Waals surface area contributed by atoms with Crippen molar-refractivity contribution in [3.8, 4) is 0 Å². The van der Waals surface area contributed by atoms with Gasteiger partial charge in [0.05, 0.1) is 18.9 Å². The van der Waals surface area contributed by atoms with E-state index >= 15 is 0 Å². The zero-order valence-corrected chi connectivity index (χ0v) is 6.90. The minimum absolute atomic E-state index is 0.144. The van der Waals surface area contributed by atoms with Crippen LogP contribution < -0.4 is 0 Å². The zero-order valence-electron chi connectivity index (χ0n) is 6.90. The number of nitrogens with zero attached hydrogens (tertiary/aromatic N) is 1. The fourth-order valence-corrected chi connectivity index (χ4v) is 1.04. The summed E-state index contributed by atoms with van der Waals surface area (Å²) in [4.78, 5) is 13.4. The maximum atomic E-state index is 9.96. The third-order valence-electron chi connectivity index (χ3n) is 1.58. The van der Waals surface area contributed by atoms with Crippen LogP contribution in [0.15, 0.2) is 23.2 Å². The van der Waals surface area contributed by atoms with Gasteiger partial charge in [0.15, 0.2) is 0 Å². The average molecular weight is 179 g/mol. The molecule has 0 bridgehead atoms. The van der Waals surface area contributed by atoms with Gasteiger partial charge in [-0.25, -0.2) is 4.79 Å². The fourth-order valence-electron chi connectivity index (χ4n) is 1.04. The van der Waals surface area contributed by atoms with Crippen molar-refractivity contribution in [1.29, 1.82) is 0 Å². The van der Waals surface area contributed by atoms with Gasteiger partial charge in [-0.1, -0.05) is 6.07 Å². The molecule has 2 N–H and O–H groups in total. The van der Waals surface area contributed by atoms with Crippen molar-refractivity contribution in [2.24, 2.45) is 4.99 Å². The zero-order chi connectivity index (χ0) is 9.68. The predicted octanol–water partition coefficient (Wildman–Crippen LogP) is 0.639. The molecular formula is C9H9NO3. The molecule has 0 heterocycles. The van der Waals surface area contributed by atoms with Crippen molar-refractivity contribution in [2.75, 3.05) is 0 Å². The van der Waals surface area contributed by atoms with E-state index in [4.69, 9.17) is 10.2 Å². The highest BCUT2D eigenvalue weighted by Crippen LogP contribution is 2.17. The van der Waals surface area contributed by atoms with E-state index in [2.05, 4.69) is 4.99 Å². The molecule has 0 radical (unpaired) electrons. The first-order valence-corrected chi connectivity index (χ1v) is 3.72. The summed E-state index contributed by atoms with van der Waals surface area (Å²) in [5.41, 5.74) is 1.62. The molecule has 13 heavy (non-hydrogen) atoms. The molecular weight excluding hydrogens is 170 g/mol. The Hall–Kier alpha value is -1.48. The quantitative estimate of drug-likeness (QED) is 0.528. The Morgan fingerprint density at radius 2 is 1.69 bits per heavy atom. The standard InChI is InChI=1S/C9H9NO3/c11-4-7-1-8(5-12)3-9(2-7)10-6-13/h1-3,11-12H,4-5H2. The van der Waals surface area contributed by atoms with E-state index in [9.17, 15) is 4.79 Å². The second-order valence-corrected chi connectivity index (χ2v) is 2.53. The molecule has 1 aromatic carbocycles. The van der Waals surface area contributed by atoms with E-state index in [1.165, 1.54) is 6.08 Å². The van der Waals surface area contributed by atoms with E-state index in [0.29, 0.717) is 16.8 Å². The van der Waals surface area contributed by atoms with Gasteiger partial charge in [-0.15, -0.1) is 0 Å². The van der Waals surface area contributed by atoms with Crippen LogP contribution in [-0.4, -0.2) is 16.3 Å². The van der Waals surface area contributed by atoms with Crippen LogP contribution in [0, 0.1) is 0 Å². The van der Waals surface area contributed by atoms with Gasteiger partial charge < -0.3 is 10.2 Å². The van der Waals surface area contributed by atoms with E-state index in [0.717, 1.165) is 0 Å².